The lowest BCUT2D eigenvalue weighted by Gasteiger charge is -2.12. The summed E-state index contributed by atoms with van der Waals surface area (Å²) in [6.45, 7) is 24.7. The summed E-state index contributed by atoms with van der Waals surface area (Å²) in [5, 5.41) is 0. The first-order valence-corrected chi connectivity index (χ1v) is 8.05. The number of hydrogen-bond acceptors (Lipinski definition) is 3. The lowest BCUT2D eigenvalue weighted by atomic mass is 9.95. The summed E-state index contributed by atoms with van der Waals surface area (Å²) in [4.78, 5) is 10.8. The molecule has 0 fully saturated rings. The van der Waals surface area contributed by atoms with Crippen LogP contribution in [0.25, 0.3) is 0 Å². The first kappa shape index (κ1) is 24.7. The minimum atomic E-state index is -0.269. The number of carbonyl (C=O) groups excluding carboxylic acids is 1. The number of allylic oxidation sites excluding steroid dienone is 8. The number of ether oxygens (including phenoxy) is 2. The summed E-state index contributed by atoms with van der Waals surface area (Å²) in [5.74, 6) is 0.281. The minimum Gasteiger partial charge on any atom is -0.497 e. The Hall–Kier alpha value is -2.55. The van der Waals surface area contributed by atoms with Gasteiger partial charge >= 0.3 is 5.97 Å². The van der Waals surface area contributed by atoms with Gasteiger partial charge in [0.25, 0.3) is 0 Å². The molecule has 3 nitrogen and oxygen atoms in total. The highest BCUT2D eigenvalue weighted by atomic mass is 16.5. The van der Waals surface area contributed by atoms with E-state index in [1.165, 1.54) is 6.92 Å². The second-order valence-corrected chi connectivity index (χ2v) is 5.38. The summed E-state index contributed by atoms with van der Waals surface area (Å²) >= 11 is 0. The number of hydrogen-bond donors (Lipinski definition) is 0. The molecule has 138 valence electrons. The first-order valence-electron chi connectivity index (χ1n) is 8.05. The summed E-state index contributed by atoms with van der Waals surface area (Å²) in [6, 6.07) is 0. The van der Waals surface area contributed by atoms with Crippen LogP contribution in [0.4, 0.5) is 0 Å². The van der Waals surface area contributed by atoms with Crippen molar-refractivity contribution >= 4 is 5.97 Å². The third-order valence-electron chi connectivity index (χ3n) is 2.82. The van der Waals surface area contributed by atoms with Crippen molar-refractivity contribution in [3.63, 3.8) is 0 Å². The molecule has 0 saturated heterocycles. The lowest BCUT2D eigenvalue weighted by molar-refractivity contribution is -0.141. The molecule has 0 bridgehead atoms. The summed E-state index contributed by atoms with van der Waals surface area (Å²) in [5.41, 5.74) is 3.56. The van der Waals surface area contributed by atoms with Crippen molar-refractivity contribution in [2.24, 2.45) is 0 Å². The Kier molecular flexibility index (Phi) is 14.8. The van der Waals surface area contributed by atoms with Gasteiger partial charge in [-0.3, -0.25) is 4.79 Å². The summed E-state index contributed by atoms with van der Waals surface area (Å²) < 4.78 is 9.93. The van der Waals surface area contributed by atoms with E-state index in [9.17, 15) is 4.79 Å². The number of rotatable bonds is 10. The zero-order valence-electron chi connectivity index (χ0n) is 16.2. The van der Waals surface area contributed by atoms with Gasteiger partial charge < -0.3 is 9.47 Å². The molecule has 0 spiro atoms. The zero-order valence-corrected chi connectivity index (χ0v) is 16.2. The van der Waals surface area contributed by atoms with Crippen molar-refractivity contribution in [2.45, 2.75) is 33.6 Å². The molecular weight excluding hydrogens is 312 g/mol. The molecule has 3 heteroatoms. The van der Waals surface area contributed by atoms with Crippen molar-refractivity contribution < 1.29 is 14.3 Å². The second-order valence-electron chi connectivity index (χ2n) is 5.38. The van der Waals surface area contributed by atoms with E-state index < -0.39 is 0 Å². The van der Waals surface area contributed by atoms with Gasteiger partial charge in [0.2, 0.25) is 0 Å². The van der Waals surface area contributed by atoms with Gasteiger partial charge in [0.05, 0.1) is 13.7 Å². The Bertz CT molecular complexity index is 560. The third kappa shape index (κ3) is 14.8. The molecule has 0 aromatic carbocycles. The highest BCUT2D eigenvalue weighted by Crippen LogP contribution is 2.23. The molecule has 0 unspecified atom stereocenters. The highest BCUT2D eigenvalue weighted by Gasteiger charge is 2.06. The molecule has 0 radical (unpaired) electrons. The van der Waals surface area contributed by atoms with Gasteiger partial charge in [0.1, 0.15) is 5.76 Å². The number of carbonyl (C=O) groups is 1. The second kappa shape index (κ2) is 15.0. The van der Waals surface area contributed by atoms with Crippen LogP contribution in [0.2, 0.25) is 0 Å². The first-order chi connectivity index (χ1) is 11.7. The van der Waals surface area contributed by atoms with Crippen LogP contribution in [0.15, 0.2) is 85.3 Å². The fourth-order valence-corrected chi connectivity index (χ4v) is 1.65. The maximum Gasteiger partial charge on any atom is 0.302 e. The van der Waals surface area contributed by atoms with Gasteiger partial charge in [-0.1, -0.05) is 50.1 Å². The van der Waals surface area contributed by atoms with Crippen molar-refractivity contribution in [3.05, 3.63) is 85.3 Å². The smallest absolute Gasteiger partial charge is 0.302 e. The Morgan fingerprint density at radius 1 is 1.08 bits per heavy atom. The fraction of sp³-hybridized carbons (Fsp3) is 0.318. The molecule has 0 rings (SSSR count). The normalized spacial score (nSPS) is 10.3. The van der Waals surface area contributed by atoms with Gasteiger partial charge in [-0.15, -0.1) is 6.58 Å². The molecule has 0 aliphatic rings. The Balaban J connectivity index is 0. The molecule has 0 aliphatic heterocycles. The number of methoxy groups -OCH3 is 1. The molecule has 0 aromatic heterocycles. The van der Waals surface area contributed by atoms with Crippen LogP contribution in [0.5, 0.6) is 0 Å². The Labute approximate surface area is 153 Å². The monoisotopic (exact) mass is 344 g/mol. The largest absolute Gasteiger partial charge is 0.497 e. The third-order valence-corrected chi connectivity index (χ3v) is 2.82. The maximum absolute atomic E-state index is 10.8. The van der Waals surface area contributed by atoms with Crippen molar-refractivity contribution in [2.75, 3.05) is 13.7 Å². The Morgan fingerprint density at radius 3 is 2.08 bits per heavy atom. The number of esters is 1. The van der Waals surface area contributed by atoms with E-state index >= 15 is 0 Å². The molecule has 25 heavy (non-hydrogen) atoms. The molecule has 0 aliphatic carbocycles. The Morgan fingerprint density at radius 2 is 1.64 bits per heavy atom. The van der Waals surface area contributed by atoms with Gasteiger partial charge in [-0.25, -0.2) is 0 Å². The van der Waals surface area contributed by atoms with Crippen LogP contribution >= 0.6 is 0 Å². The molecule has 0 heterocycles. The van der Waals surface area contributed by atoms with E-state index in [-0.39, 0.29) is 5.97 Å². The van der Waals surface area contributed by atoms with Gasteiger partial charge in [0.15, 0.2) is 0 Å². The topological polar surface area (TPSA) is 35.5 Å². The average molecular weight is 344 g/mol. The van der Waals surface area contributed by atoms with Crippen LogP contribution in [0.3, 0.4) is 0 Å². The van der Waals surface area contributed by atoms with Crippen molar-refractivity contribution in [3.8, 4) is 0 Å². The molecule has 0 amide bonds. The molecule has 0 N–H and O–H groups in total. The molecule has 0 saturated carbocycles. The molecular formula is C22H32O3. The van der Waals surface area contributed by atoms with Crippen LogP contribution < -0.4 is 0 Å². The summed E-state index contributed by atoms with van der Waals surface area (Å²) in [6.07, 6.45) is 8.73. The van der Waals surface area contributed by atoms with E-state index in [0.29, 0.717) is 12.4 Å². The average Bonchev–Trinajstić information content (AvgIpc) is 2.54. The minimum absolute atomic E-state index is 0.269. The SMILES string of the molecule is C=C(C)/C=C(/CCCOC(C)=O)C(=C)C(=C)/C=C\C(=C)OC.C=CC. The molecule has 0 aromatic rings. The van der Waals surface area contributed by atoms with E-state index in [2.05, 4.69) is 32.9 Å². The van der Waals surface area contributed by atoms with Crippen LogP contribution in [0, 0.1) is 0 Å². The van der Waals surface area contributed by atoms with E-state index in [1.54, 1.807) is 19.3 Å². The van der Waals surface area contributed by atoms with E-state index in [1.807, 2.05) is 26.0 Å². The lowest BCUT2D eigenvalue weighted by Crippen LogP contribution is -2.01. The van der Waals surface area contributed by atoms with Crippen LogP contribution in [-0.4, -0.2) is 19.7 Å². The van der Waals surface area contributed by atoms with Crippen molar-refractivity contribution in [1.82, 2.24) is 0 Å². The van der Waals surface area contributed by atoms with Crippen LogP contribution in [-0.2, 0) is 14.3 Å². The zero-order chi connectivity index (χ0) is 19.8. The maximum atomic E-state index is 10.8. The highest BCUT2D eigenvalue weighted by molar-refractivity contribution is 5.65. The van der Waals surface area contributed by atoms with Gasteiger partial charge in [0, 0.05) is 6.92 Å². The standard InChI is InChI=1S/C19H26O3.C3H6/c1-14(2)13-19(9-8-12-22-18(6)20)17(5)15(3)10-11-16(4)21-7;1-3-2/h10-11,13H,1,3-5,8-9,12H2,2,6-7H3;3H,1H2,2H3/b11-10-,19-13-;. The quantitative estimate of drug-likeness (QED) is 0.164. The predicted octanol–water partition coefficient (Wildman–Crippen LogP) is 5.85. The predicted molar refractivity (Wildman–Crippen MR) is 108 cm³/mol. The van der Waals surface area contributed by atoms with E-state index in [4.69, 9.17) is 9.47 Å². The van der Waals surface area contributed by atoms with Crippen molar-refractivity contribution in [1.29, 1.82) is 0 Å². The van der Waals surface area contributed by atoms with Gasteiger partial charge in [-0.2, -0.15) is 0 Å². The van der Waals surface area contributed by atoms with Gasteiger partial charge in [-0.05, 0) is 49.5 Å². The fourth-order valence-electron chi connectivity index (χ4n) is 1.65. The van der Waals surface area contributed by atoms with Crippen LogP contribution in [0.1, 0.15) is 33.6 Å². The molecule has 0 atom stereocenters. The summed E-state index contributed by atoms with van der Waals surface area (Å²) in [7, 11) is 1.56. The van der Waals surface area contributed by atoms with E-state index in [0.717, 1.165) is 35.1 Å².